The van der Waals surface area contributed by atoms with Gasteiger partial charge in [0.05, 0.1) is 12.2 Å². The number of nitrogens with zero attached hydrogens (tertiary/aromatic N) is 1. The molecule has 1 saturated carbocycles. The fourth-order valence-electron chi connectivity index (χ4n) is 2.96. The molecule has 1 aromatic carbocycles. The van der Waals surface area contributed by atoms with Gasteiger partial charge in [-0.3, -0.25) is 4.79 Å². The largest absolute Gasteiger partial charge is 0.355 e. The topological polar surface area (TPSA) is 84.9 Å². The van der Waals surface area contributed by atoms with Gasteiger partial charge in [-0.1, -0.05) is 15.9 Å². The van der Waals surface area contributed by atoms with Crippen LogP contribution in [-0.4, -0.2) is 47.9 Å². The van der Waals surface area contributed by atoms with Crippen molar-refractivity contribution in [1.29, 1.82) is 0 Å². The van der Waals surface area contributed by atoms with Crippen molar-refractivity contribution in [3.8, 4) is 0 Å². The van der Waals surface area contributed by atoms with E-state index in [2.05, 4.69) is 20.7 Å². The summed E-state index contributed by atoms with van der Waals surface area (Å²) in [4.78, 5) is 14.3. The number of amides is 1. The Labute approximate surface area is 155 Å². The number of ether oxygens (including phenoxy) is 2. The van der Waals surface area contributed by atoms with Crippen LogP contribution in [0.15, 0.2) is 21.5 Å². The number of hydrogen-bond donors (Lipinski definition) is 1. The predicted octanol–water partition coefficient (Wildman–Crippen LogP) is 1.65. The maximum absolute atomic E-state index is 12.9. The lowest BCUT2D eigenvalue weighted by molar-refractivity contribution is -0.119. The predicted molar refractivity (Wildman–Crippen MR) is 95.9 cm³/mol. The number of benzene rings is 1. The number of sulfonamides is 1. The van der Waals surface area contributed by atoms with E-state index in [0.717, 1.165) is 18.4 Å². The van der Waals surface area contributed by atoms with E-state index in [1.165, 1.54) is 20.3 Å². The van der Waals surface area contributed by atoms with Crippen LogP contribution < -0.4 is 9.62 Å². The molecule has 0 saturated heterocycles. The maximum Gasteiger partial charge on any atom is 0.242 e. The van der Waals surface area contributed by atoms with Gasteiger partial charge in [0, 0.05) is 31.2 Å². The number of hydrogen-bond acceptors (Lipinski definition) is 5. The van der Waals surface area contributed by atoms with Crippen LogP contribution >= 0.6 is 15.9 Å². The fraction of sp³-hybridized carbons (Fsp3) is 0.562. The molecule has 0 bridgehead atoms. The molecule has 0 radical (unpaired) electrons. The summed E-state index contributed by atoms with van der Waals surface area (Å²) in [6.07, 6.45) is 1.73. The lowest BCUT2D eigenvalue weighted by Crippen LogP contribution is -2.36. The molecule has 9 heteroatoms. The van der Waals surface area contributed by atoms with E-state index >= 15 is 0 Å². The normalized spacial score (nSPS) is 17.2. The molecule has 1 aliphatic carbocycles. The molecule has 0 aromatic heterocycles. The molecule has 1 aromatic rings. The minimum Gasteiger partial charge on any atom is -0.355 e. The van der Waals surface area contributed by atoms with Crippen molar-refractivity contribution in [2.75, 3.05) is 32.2 Å². The van der Waals surface area contributed by atoms with Gasteiger partial charge in [0.25, 0.3) is 0 Å². The monoisotopic (exact) mass is 432 g/mol. The van der Waals surface area contributed by atoms with Gasteiger partial charge in [-0.25, -0.2) is 13.1 Å². The number of nitrogens with one attached hydrogen (secondary N) is 1. The summed E-state index contributed by atoms with van der Waals surface area (Å²) in [5.41, 5.74) is 1.36. The third-order valence-corrected chi connectivity index (χ3v) is 6.34. The highest BCUT2D eigenvalue weighted by Gasteiger charge is 2.39. The molecule has 2 aliphatic rings. The second kappa shape index (κ2) is 7.32. The second-order valence-corrected chi connectivity index (χ2v) is 8.83. The van der Waals surface area contributed by atoms with Crippen molar-refractivity contribution >= 4 is 37.5 Å². The van der Waals surface area contributed by atoms with Gasteiger partial charge < -0.3 is 14.4 Å². The van der Waals surface area contributed by atoms with E-state index in [4.69, 9.17) is 9.47 Å². The van der Waals surface area contributed by atoms with Crippen molar-refractivity contribution in [1.82, 2.24) is 4.72 Å². The number of carbonyl (C=O) groups excluding carboxylic acids is 1. The average molecular weight is 433 g/mol. The van der Waals surface area contributed by atoms with Crippen LogP contribution in [0.2, 0.25) is 0 Å². The number of anilines is 1. The molecule has 3 rings (SSSR count). The van der Waals surface area contributed by atoms with Gasteiger partial charge >= 0.3 is 0 Å². The smallest absolute Gasteiger partial charge is 0.242 e. The summed E-state index contributed by atoms with van der Waals surface area (Å²) in [7, 11) is -0.949. The first-order valence-electron chi connectivity index (χ1n) is 8.06. The van der Waals surface area contributed by atoms with Crippen molar-refractivity contribution in [2.24, 2.45) is 5.92 Å². The van der Waals surface area contributed by atoms with Crippen LogP contribution in [0.3, 0.4) is 0 Å². The third-order valence-electron chi connectivity index (χ3n) is 4.44. The minimum atomic E-state index is -3.83. The van der Waals surface area contributed by atoms with Crippen molar-refractivity contribution in [2.45, 2.75) is 30.4 Å². The van der Waals surface area contributed by atoms with Crippen molar-refractivity contribution in [3.63, 3.8) is 0 Å². The lowest BCUT2D eigenvalue weighted by Gasteiger charge is -2.21. The minimum absolute atomic E-state index is 0.0178. The lowest BCUT2D eigenvalue weighted by atomic mass is 10.2. The summed E-state index contributed by atoms with van der Waals surface area (Å²) >= 11 is 3.37. The SMILES string of the molecule is COC(CNS(=O)(=O)c1cc(Br)cc2c1N(C(=O)C1CC1)CC2)OC. The number of carbonyl (C=O) groups is 1. The van der Waals surface area contributed by atoms with E-state index in [1.54, 1.807) is 4.90 Å². The van der Waals surface area contributed by atoms with Gasteiger partial charge in [0.15, 0.2) is 6.29 Å². The number of methoxy groups -OCH3 is 2. The van der Waals surface area contributed by atoms with Crippen LogP contribution in [0.4, 0.5) is 5.69 Å². The second-order valence-electron chi connectivity index (χ2n) is 6.18. The molecule has 0 atom stereocenters. The Kier molecular flexibility index (Phi) is 5.50. The van der Waals surface area contributed by atoms with Gasteiger partial charge in [0.2, 0.25) is 15.9 Å². The van der Waals surface area contributed by atoms with Crippen LogP contribution in [0.1, 0.15) is 18.4 Å². The van der Waals surface area contributed by atoms with Crippen LogP contribution in [0, 0.1) is 5.92 Å². The Bertz CT molecular complexity index is 775. The third kappa shape index (κ3) is 3.90. The van der Waals surface area contributed by atoms with E-state index in [-0.39, 0.29) is 23.3 Å². The molecule has 138 valence electrons. The van der Waals surface area contributed by atoms with Crippen LogP contribution in [-0.2, 0) is 30.7 Å². The quantitative estimate of drug-likeness (QED) is 0.661. The first-order valence-corrected chi connectivity index (χ1v) is 10.3. The van der Waals surface area contributed by atoms with Gasteiger partial charge in [-0.15, -0.1) is 0 Å². The highest BCUT2D eigenvalue weighted by Crippen LogP contribution is 2.41. The zero-order chi connectivity index (χ0) is 18.2. The zero-order valence-corrected chi connectivity index (χ0v) is 16.5. The summed E-state index contributed by atoms with van der Waals surface area (Å²) in [5.74, 6) is 0.0497. The Morgan fingerprint density at radius 2 is 2.04 bits per heavy atom. The van der Waals surface area contributed by atoms with Crippen LogP contribution in [0.25, 0.3) is 0 Å². The molecule has 1 fully saturated rings. The zero-order valence-electron chi connectivity index (χ0n) is 14.1. The molecule has 0 spiro atoms. The molecule has 7 nitrogen and oxygen atoms in total. The Morgan fingerprint density at radius 1 is 1.36 bits per heavy atom. The highest BCUT2D eigenvalue weighted by molar-refractivity contribution is 9.10. The molecular weight excluding hydrogens is 412 g/mol. The van der Waals surface area contributed by atoms with E-state index in [9.17, 15) is 13.2 Å². The van der Waals surface area contributed by atoms with Crippen molar-refractivity contribution in [3.05, 3.63) is 22.2 Å². The van der Waals surface area contributed by atoms with E-state index in [1.807, 2.05) is 6.07 Å². The summed E-state index contributed by atoms with van der Waals surface area (Å²) < 4.78 is 38.9. The molecule has 1 aliphatic heterocycles. The first-order chi connectivity index (χ1) is 11.9. The van der Waals surface area contributed by atoms with E-state index < -0.39 is 16.3 Å². The van der Waals surface area contributed by atoms with Gasteiger partial charge in [-0.05, 0) is 37.0 Å². The molecular formula is C16H21BrN2O5S. The first kappa shape index (κ1) is 18.8. The van der Waals surface area contributed by atoms with E-state index in [0.29, 0.717) is 23.1 Å². The average Bonchev–Trinajstić information content (AvgIpc) is 3.34. The molecule has 1 amide bonds. The van der Waals surface area contributed by atoms with Crippen molar-refractivity contribution < 1.29 is 22.7 Å². The summed E-state index contributed by atoms with van der Waals surface area (Å²) in [6, 6.07) is 3.41. The number of rotatable bonds is 7. The van der Waals surface area contributed by atoms with Gasteiger partial charge in [0.1, 0.15) is 4.90 Å². The number of fused-ring (bicyclic) bond motifs is 1. The molecule has 25 heavy (non-hydrogen) atoms. The fourth-order valence-corrected chi connectivity index (χ4v) is 4.91. The summed E-state index contributed by atoms with van der Waals surface area (Å²) in [5, 5.41) is 0. The summed E-state index contributed by atoms with van der Waals surface area (Å²) in [6.45, 7) is 0.496. The molecule has 0 unspecified atom stereocenters. The van der Waals surface area contributed by atoms with Crippen LogP contribution in [0.5, 0.6) is 0 Å². The Balaban J connectivity index is 1.94. The van der Waals surface area contributed by atoms with Gasteiger partial charge in [-0.2, -0.15) is 0 Å². The highest BCUT2D eigenvalue weighted by atomic mass is 79.9. The standard InChI is InChI=1S/C16H21BrN2O5S/c1-23-14(24-2)9-18-25(21,22)13-8-12(17)7-11-5-6-19(15(11)13)16(20)10-3-4-10/h7-8,10,14,18H,3-6,9H2,1-2H3. The maximum atomic E-state index is 12.9. The molecule has 1 heterocycles. The molecule has 1 N–H and O–H groups in total. The Morgan fingerprint density at radius 3 is 2.64 bits per heavy atom. The Hall–Kier alpha value is -1.00. The number of halogens is 1.